The monoisotopic (exact) mass is 467 g/mol. The summed E-state index contributed by atoms with van der Waals surface area (Å²) in [7, 11) is -3.34. The van der Waals surface area contributed by atoms with E-state index in [1.54, 1.807) is 0 Å². The fourth-order valence-electron chi connectivity index (χ4n) is 3.80. The highest BCUT2D eigenvalue weighted by Crippen LogP contribution is 2.13. The molecule has 31 heavy (non-hydrogen) atoms. The molecule has 0 radical (unpaired) electrons. The van der Waals surface area contributed by atoms with Gasteiger partial charge in [0.25, 0.3) is 10.1 Å². The van der Waals surface area contributed by atoms with Crippen molar-refractivity contribution in [2.45, 2.75) is 142 Å². The molecule has 0 aromatic carbocycles. The number of halogens is 1. The minimum Gasteiger partial charge on any atom is -0.344 e. The van der Waals surface area contributed by atoms with Crippen molar-refractivity contribution in [3.63, 3.8) is 0 Å². The van der Waals surface area contributed by atoms with Crippen LogP contribution in [0.3, 0.4) is 0 Å². The molecule has 0 saturated heterocycles. The van der Waals surface area contributed by atoms with Gasteiger partial charge in [0.05, 0.1) is 19.0 Å². The van der Waals surface area contributed by atoms with Crippen molar-refractivity contribution in [2.75, 3.05) is 19.0 Å². The molecule has 0 aliphatic carbocycles. The van der Waals surface area contributed by atoms with Crippen molar-refractivity contribution in [3.8, 4) is 0 Å². The van der Waals surface area contributed by atoms with Crippen LogP contribution in [0.1, 0.15) is 142 Å². The molecule has 0 atom stereocenters. The standard InChI is InChI=1S/C25H51FO3S.H3N/c1-2-3-4-5-6-7-8-9-10-12-15-18-21-24-29-30(27,28)25-22-19-16-13-11-14-17-20-23-26;/h2-25H2,1H3;1H3. The lowest BCUT2D eigenvalue weighted by atomic mass is 10.0. The quantitative estimate of drug-likeness (QED) is 0.108. The van der Waals surface area contributed by atoms with Gasteiger partial charge in [-0.2, -0.15) is 8.42 Å². The normalized spacial score (nSPS) is 11.5. The summed E-state index contributed by atoms with van der Waals surface area (Å²) in [5.41, 5.74) is 0. The minimum absolute atomic E-state index is 0. The third kappa shape index (κ3) is 27.8. The van der Waals surface area contributed by atoms with Crippen LogP contribution in [0.15, 0.2) is 0 Å². The first-order valence-electron chi connectivity index (χ1n) is 13.1. The third-order valence-corrected chi connectivity index (χ3v) is 7.10. The summed E-state index contributed by atoms with van der Waals surface area (Å²) in [4.78, 5) is 0. The molecule has 0 fully saturated rings. The van der Waals surface area contributed by atoms with Crippen LogP contribution in [0, 0.1) is 0 Å². The average Bonchev–Trinajstić information content (AvgIpc) is 2.72. The Hall–Kier alpha value is -0.200. The van der Waals surface area contributed by atoms with Crippen molar-refractivity contribution >= 4 is 10.1 Å². The molecule has 0 heterocycles. The maximum atomic E-state index is 12.0. The van der Waals surface area contributed by atoms with Gasteiger partial charge >= 0.3 is 0 Å². The van der Waals surface area contributed by atoms with Gasteiger partial charge in [-0.25, -0.2) is 0 Å². The SMILES string of the molecule is CCCCCCCCCCCCCCCOS(=O)(=O)CCCCCCCCCCF.N. The zero-order valence-electron chi connectivity index (χ0n) is 20.7. The molecule has 0 aromatic rings. The van der Waals surface area contributed by atoms with E-state index in [0.717, 1.165) is 51.4 Å². The van der Waals surface area contributed by atoms with Crippen LogP contribution in [0.5, 0.6) is 0 Å². The van der Waals surface area contributed by atoms with Gasteiger partial charge in [0.1, 0.15) is 0 Å². The summed E-state index contributed by atoms with van der Waals surface area (Å²) >= 11 is 0. The van der Waals surface area contributed by atoms with Crippen LogP contribution in [0.4, 0.5) is 4.39 Å². The largest absolute Gasteiger partial charge is 0.344 e. The summed E-state index contributed by atoms with van der Waals surface area (Å²) in [6.07, 6.45) is 24.3. The predicted molar refractivity (Wildman–Crippen MR) is 133 cm³/mol. The van der Waals surface area contributed by atoms with E-state index in [1.165, 1.54) is 70.6 Å². The lowest BCUT2D eigenvalue weighted by molar-refractivity contribution is 0.305. The Balaban J connectivity index is 0. The van der Waals surface area contributed by atoms with E-state index >= 15 is 0 Å². The second kappa shape index (κ2) is 26.1. The van der Waals surface area contributed by atoms with Gasteiger partial charge in [0, 0.05) is 0 Å². The van der Waals surface area contributed by atoms with Crippen LogP contribution in [-0.4, -0.2) is 27.5 Å². The van der Waals surface area contributed by atoms with E-state index in [2.05, 4.69) is 6.92 Å². The van der Waals surface area contributed by atoms with Crippen molar-refractivity contribution < 1.29 is 17.0 Å². The predicted octanol–water partition coefficient (Wildman–Crippen LogP) is 8.68. The maximum absolute atomic E-state index is 12.0. The first-order valence-corrected chi connectivity index (χ1v) is 14.6. The topological polar surface area (TPSA) is 78.4 Å². The maximum Gasteiger partial charge on any atom is 0.267 e. The second-order valence-electron chi connectivity index (χ2n) is 8.84. The van der Waals surface area contributed by atoms with E-state index in [4.69, 9.17) is 4.18 Å². The molecule has 0 spiro atoms. The molecule has 0 rings (SSSR count). The molecule has 0 unspecified atom stereocenters. The molecule has 6 heteroatoms. The molecule has 0 aliphatic rings. The zero-order chi connectivity index (χ0) is 22.2. The van der Waals surface area contributed by atoms with Gasteiger partial charge in [-0.05, 0) is 19.3 Å². The fraction of sp³-hybridized carbons (Fsp3) is 1.00. The Morgan fingerprint density at radius 1 is 0.548 bits per heavy atom. The molecule has 4 nitrogen and oxygen atoms in total. The number of rotatable bonds is 25. The molecule has 3 N–H and O–H groups in total. The van der Waals surface area contributed by atoms with Crippen molar-refractivity contribution in [1.82, 2.24) is 6.15 Å². The van der Waals surface area contributed by atoms with Gasteiger partial charge in [-0.1, -0.05) is 122 Å². The van der Waals surface area contributed by atoms with Crippen LogP contribution >= 0.6 is 0 Å². The molecule has 0 aliphatic heterocycles. The fourth-order valence-corrected chi connectivity index (χ4v) is 4.85. The molecule has 0 aromatic heterocycles. The van der Waals surface area contributed by atoms with E-state index in [0.29, 0.717) is 19.4 Å². The van der Waals surface area contributed by atoms with Gasteiger partial charge < -0.3 is 6.15 Å². The summed E-state index contributed by atoms with van der Waals surface area (Å²) < 4.78 is 40.9. The molecule has 0 bridgehead atoms. The average molecular weight is 468 g/mol. The Kier molecular flexibility index (Phi) is 27.7. The molecule has 0 saturated carbocycles. The van der Waals surface area contributed by atoms with Gasteiger partial charge in [0.15, 0.2) is 0 Å². The number of hydrogen-bond acceptors (Lipinski definition) is 4. The van der Waals surface area contributed by atoms with Crippen LogP contribution in [-0.2, 0) is 14.3 Å². The number of alkyl halides is 1. The zero-order valence-corrected chi connectivity index (χ0v) is 21.5. The Labute approximate surface area is 194 Å². The highest BCUT2D eigenvalue weighted by atomic mass is 32.2. The third-order valence-electron chi connectivity index (χ3n) is 5.79. The lowest BCUT2D eigenvalue weighted by Gasteiger charge is -2.06. The van der Waals surface area contributed by atoms with Gasteiger partial charge in [-0.3, -0.25) is 8.57 Å². The highest BCUT2D eigenvalue weighted by molar-refractivity contribution is 7.86. The Morgan fingerprint density at radius 2 is 0.903 bits per heavy atom. The van der Waals surface area contributed by atoms with Gasteiger partial charge in [-0.15, -0.1) is 0 Å². The first kappa shape index (κ1) is 33.0. The van der Waals surface area contributed by atoms with E-state index in [-0.39, 0.29) is 18.6 Å². The van der Waals surface area contributed by atoms with Crippen molar-refractivity contribution in [2.24, 2.45) is 0 Å². The number of unbranched alkanes of at least 4 members (excludes halogenated alkanes) is 19. The summed E-state index contributed by atoms with van der Waals surface area (Å²) in [6.45, 7) is 2.39. The van der Waals surface area contributed by atoms with Crippen LogP contribution in [0.2, 0.25) is 0 Å². The van der Waals surface area contributed by atoms with Crippen LogP contribution < -0.4 is 6.15 Å². The van der Waals surface area contributed by atoms with Crippen LogP contribution in [0.25, 0.3) is 0 Å². The smallest absolute Gasteiger partial charge is 0.267 e. The summed E-state index contributed by atoms with van der Waals surface area (Å²) in [5, 5.41) is 0. The highest BCUT2D eigenvalue weighted by Gasteiger charge is 2.10. The molecular formula is C25H54FNO3S. The Morgan fingerprint density at radius 3 is 1.32 bits per heavy atom. The molecule has 0 amide bonds. The summed E-state index contributed by atoms with van der Waals surface area (Å²) in [5.74, 6) is 0.146. The number of hydrogen-bond donors (Lipinski definition) is 1. The lowest BCUT2D eigenvalue weighted by Crippen LogP contribution is -2.11. The molecular weight excluding hydrogens is 413 g/mol. The van der Waals surface area contributed by atoms with Crippen molar-refractivity contribution in [3.05, 3.63) is 0 Å². The Bertz CT molecular complexity index is 432. The van der Waals surface area contributed by atoms with E-state index < -0.39 is 10.1 Å². The van der Waals surface area contributed by atoms with E-state index in [1.807, 2.05) is 0 Å². The van der Waals surface area contributed by atoms with Gasteiger partial charge in [0.2, 0.25) is 0 Å². The van der Waals surface area contributed by atoms with Crippen molar-refractivity contribution in [1.29, 1.82) is 0 Å². The second-order valence-corrected chi connectivity index (χ2v) is 10.6. The summed E-state index contributed by atoms with van der Waals surface area (Å²) in [6, 6.07) is 0. The first-order chi connectivity index (χ1) is 14.6. The minimum atomic E-state index is -3.34. The molecule has 190 valence electrons. The van der Waals surface area contributed by atoms with E-state index in [9.17, 15) is 12.8 Å².